The van der Waals surface area contributed by atoms with Crippen LogP contribution < -0.4 is 27.0 Å². The van der Waals surface area contributed by atoms with Gasteiger partial charge in [0.05, 0.1) is 5.66 Å². The van der Waals surface area contributed by atoms with Crippen LogP contribution in [-0.2, 0) is 0 Å². The molecule has 0 aromatic rings. The first kappa shape index (κ1) is 13.8. The van der Waals surface area contributed by atoms with E-state index >= 15 is 0 Å². The van der Waals surface area contributed by atoms with E-state index in [0.717, 1.165) is 13.0 Å². The van der Waals surface area contributed by atoms with Gasteiger partial charge in [-0.1, -0.05) is 0 Å². The summed E-state index contributed by atoms with van der Waals surface area (Å²) in [6.07, 6.45) is 0.938. The standard InChI is InChI=1S/C9H25N5/c1-11-7-9(13-3,14-4)5-8(6-10)12-2/h8,11-14H,5-7,10H2,1-4H3. The summed E-state index contributed by atoms with van der Waals surface area (Å²) in [5.41, 5.74) is 5.56. The molecular formula is C9H25N5. The first-order valence-corrected chi connectivity index (χ1v) is 5.07. The second-order valence-electron chi connectivity index (χ2n) is 3.54. The van der Waals surface area contributed by atoms with Crippen molar-refractivity contribution in [1.82, 2.24) is 21.3 Å². The lowest BCUT2D eigenvalue weighted by Gasteiger charge is -2.36. The van der Waals surface area contributed by atoms with Crippen molar-refractivity contribution in [3.63, 3.8) is 0 Å². The Morgan fingerprint density at radius 2 is 1.71 bits per heavy atom. The molecule has 0 rings (SSSR count). The lowest BCUT2D eigenvalue weighted by molar-refractivity contribution is 0.239. The van der Waals surface area contributed by atoms with E-state index in [4.69, 9.17) is 5.73 Å². The minimum Gasteiger partial charge on any atom is -0.329 e. The van der Waals surface area contributed by atoms with E-state index in [2.05, 4.69) is 21.3 Å². The van der Waals surface area contributed by atoms with E-state index in [1.165, 1.54) is 0 Å². The fraction of sp³-hybridized carbons (Fsp3) is 1.00. The number of likely N-dealkylation sites (N-methyl/N-ethyl adjacent to an activating group) is 4. The summed E-state index contributed by atoms with van der Waals surface area (Å²) in [6.45, 7) is 1.50. The Kier molecular flexibility index (Phi) is 7.04. The minimum absolute atomic E-state index is 0.0954. The van der Waals surface area contributed by atoms with Crippen LogP contribution in [0.25, 0.3) is 0 Å². The van der Waals surface area contributed by atoms with Crippen LogP contribution >= 0.6 is 0 Å². The van der Waals surface area contributed by atoms with Gasteiger partial charge in [-0.15, -0.1) is 0 Å². The number of nitrogens with two attached hydrogens (primary N) is 1. The molecule has 6 N–H and O–H groups in total. The number of rotatable bonds is 8. The molecule has 0 amide bonds. The van der Waals surface area contributed by atoms with Crippen molar-refractivity contribution in [1.29, 1.82) is 0 Å². The Labute approximate surface area is 87.2 Å². The summed E-state index contributed by atoms with van der Waals surface area (Å²) in [6, 6.07) is 0.322. The molecule has 86 valence electrons. The molecule has 0 radical (unpaired) electrons. The molecule has 0 aromatic heterocycles. The summed E-state index contributed by atoms with van der Waals surface area (Å²) in [7, 11) is 7.79. The number of hydrogen-bond donors (Lipinski definition) is 5. The molecular weight excluding hydrogens is 178 g/mol. The van der Waals surface area contributed by atoms with E-state index in [0.29, 0.717) is 12.6 Å². The maximum Gasteiger partial charge on any atom is 0.0825 e. The summed E-state index contributed by atoms with van der Waals surface area (Å²) in [4.78, 5) is 0. The summed E-state index contributed by atoms with van der Waals surface area (Å²) < 4.78 is 0. The molecule has 1 atom stereocenters. The van der Waals surface area contributed by atoms with Crippen molar-refractivity contribution in [3.05, 3.63) is 0 Å². The van der Waals surface area contributed by atoms with Crippen molar-refractivity contribution >= 4 is 0 Å². The van der Waals surface area contributed by atoms with E-state index in [9.17, 15) is 0 Å². The maximum atomic E-state index is 5.66. The maximum absolute atomic E-state index is 5.66. The molecule has 1 unspecified atom stereocenters. The molecule has 0 fully saturated rings. The smallest absolute Gasteiger partial charge is 0.0825 e. The van der Waals surface area contributed by atoms with Gasteiger partial charge in [0.15, 0.2) is 0 Å². The quantitative estimate of drug-likeness (QED) is 0.303. The second-order valence-corrected chi connectivity index (χ2v) is 3.54. The highest BCUT2D eigenvalue weighted by Gasteiger charge is 2.27. The van der Waals surface area contributed by atoms with Crippen LogP contribution in [0.4, 0.5) is 0 Å². The van der Waals surface area contributed by atoms with Crippen molar-refractivity contribution < 1.29 is 0 Å². The third kappa shape index (κ3) is 3.89. The highest BCUT2D eigenvalue weighted by Crippen LogP contribution is 2.07. The summed E-state index contributed by atoms with van der Waals surface area (Å²) in [5.74, 6) is 0. The van der Waals surface area contributed by atoms with Gasteiger partial charge in [0.25, 0.3) is 0 Å². The third-order valence-corrected chi connectivity index (χ3v) is 2.72. The average molecular weight is 203 g/mol. The van der Waals surface area contributed by atoms with Crippen molar-refractivity contribution in [2.75, 3.05) is 41.3 Å². The molecule has 5 heteroatoms. The number of hydrogen-bond acceptors (Lipinski definition) is 5. The van der Waals surface area contributed by atoms with Crippen molar-refractivity contribution in [2.45, 2.75) is 18.1 Å². The van der Waals surface area contributed by atoms with E-state index in [1.54, 1.807) is 0 Å². The molecule has 0 heterocycles. The predicted octanol–water partition coefficient (Wildman–Crippen LogP) is -1.72. The van der Waals surface area contributed by atoms with Gasteiger partial charge in [-0.25, -0.2) is 0 Å². The summed E-state index contributed by atoms with van der Waals surface area (Å²) in [5, 5.41) is 13.0. The SMILES string of the molecule is CNCC(CC(CN)NC)(NC)NC. The van der Waals surface area contributed by atoms with Gasteiger partial charge in [0, 0.05) is 19.1 Å². The highest BCUT2D eigenvalue weighted by atomic mass is 15.2. The van der Waals surface area contributed by atoms with E-state index in [1.807, 2.05) is 28.2 Å². The molecule has 0 saturated heterocycles. The van der Waals surface area contributed by atoms with Gasteiger partial charge in [-0.3, -0.25) is 0 Å². The first-order chi connectivity index (χ1) is 6.67. The predicted molar refractivity (Wildman–Crippen MR) is 61.3 cm³/mol. The fourth-order valence-electron chi connectivity index (χ4n) is 1.60. The normalized spacial score (nSPS) is 14.4. The highest BCUT2D eigenvalue weighted by molar-refractivity contribution is 4.89. The van der Waals surface area contributed by atoms with Crippen molar-refractivity contribution in [3.8, 4) is 0 Å². The molecule has 0 bridgehead atoms. The molecule has 14 heavy (non-hydrogen) atoms. The molecule has 0 saturated carbocycles. The van der Waals surface area contributed by atoms with Gasteiger partial charge in [-0.05, 0) is 34.6 Å². The van der Waals surface area contributed by atoms with Crippen LogP contribution in [0.3, 0.4) is 0 Å². The van der Waals surface area contributed by atoms with E-state index < -0.39 is 0 Å². The second kappa shape index (κ2) is 7.14. The molecule has 0 aliphatic carbocycles. The zero-order valence-corrected chi connectivity index (χ0v) is 9.78. The third-order valence-electron chi connectivity index (χ3n) is 2.72. The lowest BCUT2D eigenvalue weighted by Crippen LogP contribution is -2.62. The van der Waals surface area contributed by atoms with Crippen LogP contribution in [0.2, 0.25) is 0 Å². The Morgan fingerprint density at radius 1 is 1.14 bits per heavy atom. The molecule has 0 spiro atoms. The zero-order valence-electron chi connectivity index (χ0n) is 9.78. The molecule has 0 aromatic carbocycles. The molecule has 5 nitrogen and oxygen atoms in total. The first-order valence-electron chi connectivity index (χ1n) is 5.07. The van der Waals surface area contributed by atoms with Gasteiger partial charge in [-0.2, -0.15) is 0 Å². The zero-order chi connectivity index (χ0) is 11.0. The summed E-state index contributed by atoms with van der Waals surface area (Å²) >= 11 is 0. The lowest BCUT2D eigenvalue weighted by atomic mass is 10.00. The Balaban J connectivity index is 4.31. The largest absolute Gasteiger partial charge is 0.329 e. The Hall–Kier alpha value is -0.200. The minimum atomic E-state index is -0.0954. The average Bonchev–Trinajstić information content (AvgIpc) is 2.24. The molecule has 0 aliphatic heterocycles. The topological polar surface area (TPSA) is 74.1 Å². The van der Waals surface area contributed by atoms with Crippen LogP contribution in [0, 0.1) is 0 Å². The van der Waals surface area contributed by atoms with Gasteiger partial charge in [0.1, 0.15) is 0 Å². The molecule has 0 aliphatic rings. The van der Waals surface area contributed by atoms with Crippen LogP contribution in [0.1, 0.15) is 6.42 Å². The van der Waals surface area contributed by atoms with E-state index in [-0.39, 0.29) is 5.66 Å². The van der Waals surface area contributed by atoms with Gasteiger partial charge < -0.3 is 27.0 Å². The Morgan fingerprint density at radius 3 is 2.00 bits per heavy atom. The fourth-order valence-corrected chi connectivity index (χ4v) is 1.60. The van der Waals surface area contributed by atoms with Crippen LogP contribution in [-0.4, -0.2) is 53.0 Å². The Bertz CT molecular complexity index is 131. The van der Waals surface area contributed by atoms with Crippen molar-refractivity contribution in [2.24, 2.45) is 5.73 Å². The van der Waals surface area contributed by atoms with Crippen LogP contribution in [0.5, 0.6) is 0 Å². The van der Waals surface area contributed by atoms with Gasteiger partial charge >= 0.3 is 0 Å². The monoisotopic (exact) mass is 203 g/mol. The van der Waals surface area contributed by atoms with Gasteiger partial charge in [0.2, 0.25) is 0 Å². The van der Waals surface area contributed by atoms with Crippen LogP contribution in [0.15, 0.2) is 0 Å². The number of nitrogens with one attached hydrogen (secondary N) is 4.